The molecule has 0 aromatic carbocycles. The number of halogens is 3. The van der Waals surface area contributed by atoms with Crippen LogP contribution in [0.5, 0.6) is 0 Å². The molecule has 1 saturated carbocycles. The van der Waals surface area contributed by atoms with E-state index < -0.39 is 30.5 Å². The molecule has 11 nitrogen and oxygen atoms in total. The Morgan fingerprint density at radius 3 is 2.74 bits per heavy atom. The lowest BCUT2D eigenvalue weighted by Crippen LogP contribution is -2.47. The van der Waals surface area contributed by atoms with Crippen LogP contribution in [0.25, 0.3) is 5.78 Å². The zero-order valence-corrected chi connectivity index (χ0v) is 24.1. The van der Waals surface area contributed by atoms with Crippen LogP contribution in [-0.4, -0.2) is 67.1 Å². The number of piperidine rings is 1. The molecule has 4 atom stereocenters. The molecule has 2 aliphatic heterocycles. The molecule has 2 amide bonds. The second-order valence-electron chi connectivity index (χ2n) is 11.9. The predicted octanol–water partition coefficient (Wildman–Crippen LogP) is 3.75. The first kappa shape index (κ1) is 29.5. The van der Waals surface area contributed by atoms with Gasteiger partial charge in [0.1, 0.15) is 5.69 Å². The van der Waals surface area contributed by atoms with Gasteiger partial charge in [0.05, 0.1) is 41.8 Å². The summed E-state index contributed by atoms with van der Waals surface area (Å²) in [4.78, 5) is 35.7. The summed E-state index contributed by atoms with van der Waals surface area (Å²) in [6, 6.07) is 1.31. The fraction of sp³-hybridized carbons (Fsp3) is 0.655. The Kier molecular flexibility index (Phi) is 8.38. The van der Waals surface area contributed by atoms with Crippen LogP contribution in [0.4, 0.5) is 13.2 Å². The molecule has 232 valence electrons. The number of ether oxygens (including phenoxy) is 1. The number of imidazole rings is 1. The number of nitrogens with zero attached hydrogens (tertiary/aromatic N) is 6. The molecule has 2 N–H and O–H groups in total. The minimum absolute atomic E-state index is 0.0322. The zero-order valence-electron chi connectivity index (χ0n) is 24.1. The monoisotopic (exact) mass is 602 g/mol. The molecule has 3 aromatic rings. The highest BCUT2D eigenvalue weighted by atomic mass is 19.4. The van der Waals surface area contributed by atoms with Gasteiger partial charge in [-0.1, -0.05) is 19.3 Å². The van der Waals surface area contributed by atoms with Gasteiger partial charge in [-0.05, 0) is 44.6 Å². The van der Waals surface area contributed by atoms with Crippen molar-refractivity contribution < 1.29 is 27.5 Å². The standard InChI is InChI=1S/C29H37F3N8O3/c1-2-39-23(8-10-34-39)27(42)36-24(17-6-4-3-5-7-17)22-15-40-28(35-22)37-25(18-9-11-43-16-18)21(38-40)13-19-12-20(29(30,31)32)14-33-26(19)41/h8,10,15,17-20,24H,2-7,9,11-14,16H2,1H3,(H,33,41)(H,36,42). The molecule has 3 fully saturated rings. The molecule has 1 aliphatic carbocycles. The Morgan fingerprint density at radius 2 is 2.02 bits per heavy atom. The maximum atomic E-state index is 13.5. The minimum Gasteiger partial charge on any atom is -0.381 e. The Bertz CT molecular complexity index is 1460. The molecule has 6 rings (SSSR count). The highest BCUT2D eigenvalue weighted by Crippen LogP contribution is 2.37. The van der Waals surface area contributed by atoms with Crippen molar-refractivity contribution in [1.29, 1.82) is 0 Å². The number of rotatable bonds is 8. The summed E-state index contributed by atoms with van der Waals surface area (Å²) >= 11 is 0. The molecule has 2 saturated heterocycles. The second-order valence-corrected chi connectivity index (χ2v) is 11.9. The zero-order chi connectivity index (χ0) is 30.1. The van der Waals surface area contributed by atoms with Crippen LogP contribution in [0.15, 0.2) is 18.5 Å². The Labute approximate surface area is 247 Å². The summed E-state index contributed by atoms with van der Waals surface area (Å²) in [5.74, 6) is -2.71. The average molecular weight is 603 g/mol. The van der Waals surface area contributed by atoms with Crippen LogP contribution in [0.1, 0.15) is 91.4 Å². The number of nitrogens with one attached hydrogen (secondary N) is 2. The third-order valence-electron chi connectivity index (χ3n) is 9.09. The number of carbonyl (C=O) groups excluding carboxylic acids is 2. The fourth-order valence-electron chi connectivity index (χ4n) is 6.71. The molecule has 0 radical (unpaired) electrons. The van der Waals surface area contributed by atoms with Gasteiger partial charge in [0, 0.05) is 44.1 Å². The van der Waals surface area contributed by atoms with Crippen molar-refractivity contribution in [2.75, 3.05) is 19.8 Å². The van der Waals surface area contributed by atoms with E-state index in [1.807, 2.05) is 6.92 Å². The number of hydrogen-bond acceptors (Lipinski definition) is 7. The lowest BCUT2D eigenvalue weighted by molar-refractivity contribution is -0.183. The van der Waals surface area contributed by atoms with E-state index in [-0.39, 0.29) is 36.6 Å². The van der Waals surface area contributed by atoms with E-state index in [1.165, 1.54) is 4.52 Å². The molecule has 0 spiro atoms. The Balaban J connectivity index is 1.34. The minimum atomic E-state index is -4.39. The van der Waals surface area contributed by atoms with Gasteiger partial charge in [-0.2, -0.15) is 23.4 Å². The molecule has 3 aliphatic rings. The largest absolute Gasteiger partial charge is 0.393 e. The van der Waals surface area contributed by atoms with Crippen LogP contribution >= 0.6 is 0 Å². The summed E-state index contributed by atoms with van der Waals surface area (Å²) < 4.78 is 49.3. The van der Waals surface area contributed by atoms with Gasteiger partial charge in [0.25, 0.3) is 11.7 Å². The molecule has 0 bridgehead atoms. The van der Waals surface area contributed by atoms with Gasteiger partial charge >= 0.3 is 6.18 Å². The number of fused-ring (bicyclic) bond motifs is 1. The molecule has 14 heteroatoms. The lowest BCUT2D eigenvalue weighted by Gasteiger charge is -2.30. The lowest BCUT2D eigenvalue weighted by atomic mass is 9.82. The maximum absolute atomic E-state index is 13.5. The van der Waals surface area contributed by atoms with Crippen molar-refractivity contribution in [1.82, 2.24) is 40.0 Å². The van der Waals surface area contributed by atoms with Crippen LogP contribution in [0.2, 0.25) is 0 Å². The van der Waals surface area contributed by atoms with Gasteiger partial charge in [0.2, 0.25) is 5.91 Å². The highest BCUT2D eigenvalue weighted by molar-refractivity contribution is 5.92. The van der Waals surface area contributed by atoms with Crippen LogP contribution in [0.3, 0.4) is 0 Å². The number of hydrogen-bond donors (Lipinski definition) is 2. The van der Waals surface area contributed by atoms with Crippen molar-refractivity contribution >= 4 is 17.6 Å². The maximum Gasteiger partial charge on any atom is 0.393 e. The van der Waals surface area contributed by atoms with E-state index in [4.69, 9.17) is 19.8 Å². The summed E-state index contributed by atoms with van der Waals surface area (Å²) in [6.07, 6.45) is 4.55. The first-order chi connectivity index (χ1) is 20.7. The Hall–Kier alpha value is -3.55. The topological polar surface area (TPSA) is 128 Å². The van der Waals surface area contributed by atoms with Crippen molar-refractivity contribution in [2.24, 2.45) is 17.8 Å². The highest BCUT2D eigenvalue weighted by Gasteiger charge is 2.45. The molecule has 5 heterocycles. The predicted molar refractivity (Wildman–Crippen MR) is 148 cm³/mol. The third-order valence-corrected chi connectivity index (χ3v) is 9.09. The van der Waals surface area contributed by atoms with Gasteiger partial charge in [-0.25, -0.2) is 14.5 Å². The summed E-state index contributed by atoms with van der Waals surface area (Å²) in [5.41, 5.74) is 2.17. The third kappa shape index (κ3) is 6.24. The van der Waals surface area contributed by atoms with Crippen molar-refractivity contribution in [3.8, 4) is 0 Å². The van der Waals surface area contributed by atoms with Crippen LogP contribution in [-0.2, 0) is 22.5 Å². The molecular formula is C29H37F3N8O3. The molecule has 4 unspecified atom stereocenters. The Morgan fingerprint density at radius 1 is 1.21 bits per heavy atom. The normalized spacial score (nSPS) is 24.3. The first-order valence-electron chi connectivity index (χ1n) is 15.2. The van der Waals surface area contributed by atoms with Crippen molar-refractivity contribution in [3.05, 3.63) is 41.2 Å². The van der Waals surface area contributed by atoms with E-state index in [0.29, 0.717) is 54.7 Å². The van der Waals surface area contributed by atoms with Crippen LogP contribution < -0.4 is 10.6 Å². The number of carbonyl (C=O) groups is 2. The quantitative estimate of drug-likeness (QED) is 0.402. The summed E-state index contributed by atoms with van der Waals surface area (Å²) in [6.45, 7) is 3.03. The van der Waals surface area contributed by atoms with Gasteiger partial charge < -0.3 is 15.4 Å². The van der Waals surface area contributed by atoms with Gasteiger partial charge in [-0.15, -0.1) is 0 Å². The molecule has 3 aromatic heterocycles. The number of aromatic nitrogens is 6. The number of amides is 2. The smallest absolute Gasteiger partial charge is 0.381 e. The second kappa shape index (κ2) is 12.2. The van der Waals surface area contributed by atoms with Crippen LogP contribution in [0, 0.1) is 17.8 Å². The van der Waals surface area contributed by atoms with Crippen molar-refractivity contribution in [2.45, 2.75) is 83.0 Å². The van der Waals surface area contributed by atoms with E-state index >= 15 is 0 Å². The van der Waals surface area contributed by atoms with E-state index in [9.17, 15) is 22.8 Å². The molecular weight excluding hydrogens is 565 g/mol. The first-order valence-corrected chi connectivity index (χ1v) is 15.2. The fourth-order valence-corrected chi connectivity index (χ4v) is 6.71. The summed E-state index contributed by atoms with van der Waals surface area (Å²) in [7, 11) is 0. The van der Waals surface area contributed by atoms with Gasteiger partial charge in [0.15, 0.2) is 0 Å². The van der Waals surface area contributed by atoms with Crippen molar-refractivity contribution in [3.63, 3.8) is 0 Å². The SMILES string of the molecule is CCn1nccc1C(=O)NC(c1cn2nc(CC3CC(C(F)(F)F)CNC3=O)c(C3CCOC3)nc2n1)C1CCCCC1. The average Bonchev–Trinajstić information content (AvgIpc) is 3.77. The molecule has 43 heavy (non-hydrogen) atoms. The van der Waals surface area contributed by atoms with E-state index in [1.54, 1.807) is 23.1 Å². The number of aryl methyl sites for hydroxylation is 1. The van der Waals surface area contributed by atoms with E-state index in [0.717, 1.165) is 32.1 Å². The number of alkyl halides is 3. The summed E-state index contributed by atoms with van der Waals surface area (Å²) in [5, 5.41) is 14.7. The van der Waals surface area contributed by atoms with E-state index in [2.05, 4.69) is 15.7 Å². The van der Waals surface area contributed by atoms with Gasteiger partial charge in [-0.3, -0.25) is 14.3 Å².